The summed E-state index contributed by atoms with van der Waals surface area (Å²) in [6.07, 6.45) is 0. The van der Waals surface area contributed by atoms with E-state index in [2.05, 4.69) is 0 Å². The molecule has 0 aromatic heterocycles. The summed E-state index contributed by atoms with van der Waals surface area (Å²) in [5.41, 5.74) is 0.219. The topological polar surface area (TPSA) is 46.8 Å². The maximum absolute atomic E-state index is 10.8. The summed E-state index contributed by atoms with van der Waals surface area (Å²) < 4.78 is 0. The number of benzene rings is 1. The van der Waals surface area contributed by atoms with E-state index in [4.69, 9.17) is 28.5 Å². The Morgan fingerprint density at radius 1 is 1.27 bits per heavy atom. The monoisotopic (exact) mass is 186 g/mol. The second-order valence-electron chi connectivity index (χ2n) is 1.87. The van der Waals surface area contributed by atoms with Crippen LogP contribution in [0.25, 0.3) is 0 Å². The Kier molecular flexibility index (Phi) is 2.23. The predicted octanol–water partition coefficient (Wildman–Crippen LogP) is 1.94. The molecular weight excluding hydrogens is 185 g/mol. The third-order valence-electron chi connectivity index (χ3n) is 1.14. The molecule has 0 N–H and O–H groups in total. The molecule has 0 radical (unpaired) electrons. The van der Waals surface area contributed by atoms with E-state index in [1.807, 2.05) is 6.07 Å². The quantitative estimate of drug-likeness (QED) is 0.622. The van der Waals surface area contributed by atoms with Crippen molar-refractivity contribution < 1.29 is 5.11 Å². The van der Waals surface area contributed by atoms with Gasteiger partial charge in [0.05, 0.1) is 10.6 Å². The molecule has 0 atom stereocenters. The normalized spacial score (nSPS) is 9.18. The third-order valence-corrected chi connectivity index (χ3v) is 1.75. The van der Waals surface area contributed by atoms with Gasteiger partial charge in [-0.3, -0.25) is 0 Å². The first kappa shape index (κ1) is 8.19. The van der Waals surface area contributed by atoms with E-state index in [-0.39, 0.29) is 21.4 Å². The fourth-order valence-electron chi connectivity index (χ4n) is 0.614. The van der Waals surface area contributed by atoms with Crippen LogP contribution in [0, 0.1) is 11.3 Å². The molecular formula is C7H2Cl2NO-. The highest BCUT2D eigenvalue weighted by molar-refractivity contribution is 6.34. The molecule has 0 spiro atoms. The maximum atomic E-state index is 10.8. The minimum atomic E-state index is -0.365. The lowest BCUT2D eigenvalue weighted by Gasteiger charge is -2.08. The van der Waals surface area contributed by atoms with Gasteiger partial charge in [0.1, 0.15) is 6.07 Å². The van der Waals surface area contributed by atoms with E-state index in [9.17, 15) is 5.11 Å². The standard InChI is InChI=1S/C7H3Cl2NO/c8-5-2-7(11)6(9)1-4(5)3-10/h1-2,11H/p-1. The van der Waals surface area contributed by atoms with Crippen LogP contribution in [0.4, 0.5) is 0 Å². The number of hydrogen-bond acceptors (Lipinski definition) is 2. The van der Waals surface area contributed by atoms with Crippen molar-refractivity contribution in [3.63, 3.8) is 0 Å². The Labute approximate surface area is 73.6 Å². The highest BCUT2D eigenvalue weighted by Gasteiger charge is 1.99. The molecule has 0 heterocycles. The van der Waals surface area contributed by atoms with E-state index in [1.165, 1.54) is 6.07 Å². The average molecular weight is 187 g/mol. The third kappa shape index (κ3) is 1.56. The van der Waals surface area contributed by atoms with Crippen molar-refractivity contribution in [3.05, 3.63) is 27.7 Å². The molecule has 0 amide bonds. The molecule has 1 rings (SSSR count). The Morgan fingerprint density at radius 3 is 2.45 bits per heavy atom. The molecule has 0 saturated carbocycles. The number of rotatable bonds is 0. The molecule has 0 saturated heterocycles. The minimum absolute atomic E-state index is 0.0194. The van der Waals surface area contributed by atoms with E-state index >= 15 is 0 Å². The Hall–Kier alpha value is -0.910. The van der Waals surface area contributed by atoms with E-state index < -0.39 is 0 Å². The molecule has 2 nitrogen and oxygen atoms in total. The van der Waals surface area contributed by atoms with Crippen LogP contribution >= 0.6 is 23.2 Å². The average Bonchev–Trinajstić information content (AvgIpc) is 1.97. The van der Waals surface area contributed by atoms with Gasteiger partial charge in [0.2, 0.25) is 0 Å². The molecule has 0 unspecified atom stereocenters. The molecule has 1 aromatic rings. The van der Waals surface area contributed by atoms with Crippen LogP contribution in [0.15, 0.2) is 12.1 Å². The smallest absolute Gasteiger partial charge is 0.101 e. The number of nitriles is 1. The van der Waals surface area contributed by atoms with Gasteiger partial charge in [0.15, 0.2) is 0 Å². The number of nitrogens with zero attached hydrogens (tertiary/aromatic N) is 1. The fourth-order valence-corrected chi connectivity index (χ4v) is 0.974. The van der Waals surface area contributed by atoms with Gasteiger partial charge in [-0.15, -0.1) is 0 Å². The fraction of sp³-hybridized carbons (Fsp3) is 0. The SMILES string of the molecule is N#Cc1cc(Cl)c([O-])cc1Cl. The summed E-state index contributed by atoms with van der Waals surface area (Å²) in [5.74, 6) is -0.365. The van der Waals surface area contributed by atoms with Crippen LogP contribution in [0.3, 0.4) is 0 Å². The molecule has 0 aliphatic carbocycles. The Bertz CT molecular complexity index is 330. The van der Waals surface area contributed by atoms with Gasteiger partial charge in [-0.05, 0) is 12.1 Å². The molecule has 1 aromatic carbocycles. The highest BCUT2D eigenvalue weighted by atomic mass is 35.5. The van der Waals surface area contributed by atoms with Crippen LogP contribution in [0.5, 0.6) is 5.75 Å². The van der Waals surface area contributed by atoms with Gasteiger partial charge in [-0.25, -0.2) is 0 Å². The maximum Gasteiger partial charge on any atom is 0.101 e. The summed E-state index contributed by atoms with van der Waals surface area (Å²) in [6.45, 7) is 0. The summed E-state index contributed by atoms with van der Waals surface area (Å²) >= 11 is 11.0. The minimum Gasteiger partial charge on any atom is -0.871 e. The first-order valence-electron chi connectivity index (χ1n) is 2.71. The zero-order valence-corrected chi connectivity index (χ0v) is 6.78. The molecule has 0 aliphatic heterocycles. The van der Waals surface area contributed by atoms with Crippen molar-refractivity contribution in [2.45, 2.75) is 0 Å². The first-order chi connectivity index (χ1) is 5.15. The Morgan fingerprint density at radius 2 is 1.91 bits per heavy atom. The van der Waals surface area contributed by atoms with Gasteiger partial charge in [-0.2, -0.15) is 5.26 Å². The molecule has 4 heteroatoms. The van der Waals surface area contributed by atoms with E-state index in [0.717, 1.165) is 6.07 Å². The second-order valence-corrected chi connectivity index (χ2v) is 2.69. The van der Waals surface area contributed by atoms with Crippen molar-refractivity contribution >= 4 is 23.2 Å². The van der Waals surface area contributed by atoms with Gasteiger partial charge < -0.3 is 5.11 Å². The van der Waals surface area contributed by atoms with Crippen molar-refractivity contribution in [2.24, 2.45) is 0 Å². The first-order valence-corrected chi connectivity index (χ1v) is 3.47. The second kappa shape index (κ2) is 3.00. The lowest BCUT2D eigenvalue weighted by molar-refractivity contribution is -0.268. The molecule has 0 bridgehead atoms. The number of hydrogen-bond donors (Lipinski definition) is 0. The van der Waals surface area contributed by atoms with Gasteiger partial charge in [0.25, 0.3) is 0 Å². The van der Waals surface area contributed by atoms with E-state index in [1.54, 1.807) is 0 Å². The van der Waals surface area contributed by atoms with Crippen molar-refractivity contribution in [2.75, 3.05) is 0 Å². The highest BCUT2D eigenvalue weighted by Crippen LogP contribution is 2.27. The molecule has 56 valence electrons. The largest absolute Gasteiger partial charge is 0.871 e. The molecule has 11 heavy (non-hydrogen) atoms. The summed E-state index contributed by atoms with van der Waals surface area (Å²) in [7, 11) is 0. The summed E-state index contributed by atoms with van der Waals surface area (Å²) in [4.78, 5) is 0. The lowest BCUT2D eigenvalue weighted by atomic mass is 10.2. The lowest BCUT2D eigenvalue weighted by Crippen LogP contribution is -1.91. The van der Waals surface area contributed by atoms with Crippen LogP contribution in [0.2, 0.25) is 10.0 Å². The van der Waals surface area contributed by atoms with Crippen molar-refractivity contribution in [1.29, 1.82) is 5.26 Å². The number of halogens is 2. The van der Waals surface area contributed by atoms with Gasteiger partial charge in [0, 0.05) is 5.02 Å². The summed E-state index contributed by atoms with van der Waals surface area (Å²) in [5, 5.41) is 19.4. The van der Waals surface area contributed by atoms with Crippen LogP contribution in [0.1, 0.15) is 5.56 Å². The zero-order valence-electron chi connectivity index (χ0n) is 5.27. The molecule has 0 fully saturated rings. The predicted molar refractivity (Wildman–Crippen MR) is 40.6 cm³/mol. The zero-order chi connectivity index (χ0) is 8.43. The van der Waals surface area contributed by atoms with Crippen molar-refractivity contribution in [3.8, 4) is 11.8 Å². The van der Waals surface area contributed by atoms with Crippen LogP contribution in [-0.4, -0.2) is 0 Å². The van der Waals surface area contributed by atoms with Gasteiger partial charge >= 0.3 is 0 Å². The van der Waals surface area contributed by atoms with Gasteiger partial charge in [-0.1, -0.05) is 29.0 Å². The Balaban J connectivity index is 3.35. The van der Waals surface area contributed by atoms with E-state index in [0.29, 0.717) is 0 Å². The van der Waals surface area contributed by atoms with Crippen LogP contribution < -0.4 is 5.11 Å². The van der Waals surface area contributed by atoms with Crippen molar-refractivity contribution in [1.82, 2.24) is 0 Å². The molecule has 0 aliphatic rings. The van der Waals surface area contributed by atoms with Crippen LogP contribution in [-0.2, 0) is 0 Å². The summed E-state index contributed by atoms with van der Waals surface area (Å²) in [6, 6.07) is 4.19.